The van der Waals surface area contributed by atoms with Crippen LogP contribution in [0.2, 0.25) is 0 Å². The first-order valence-corrected chi connectivity index (χ1v) is 43.9. The lowest BCUT2D eigenvalue weighted by Gasteiger charge is -2.45. The summed E-state index contributed by atoms with van der Waals surface area (Å²) in [5, 5.41) is 8.56. The molecule has 0 spiro atoms. The van der Waals surface area contributed by atoms with Crippen molar-refractivity contribution in [2.45, 2.75) is 160 Å². The summed E-state index contributed by atoms with van der Waals surface area (Å²) in [5.74, 6) is -2.06. The van der Waals surface area contributed by atoms with Crippen LogP contribution < -0.4 is 16.0 Å². The predicted octanol–water partition coefficient (Wildman–Crippen LogP) is 16.1. The van der Waals surface area contributed by atoms with Gasteiger partial charge in [-0.1, -0.05) is 303 Å². The molecule has 123 heavy (non-hydrogen) atoms. The van der Waals surface area contributed by atoms with E-state index >= 15 is 4.57 Å². The van der Waals surface area contributed by atoms with E-state index in [4.69, 9.17) is 79.2 Å². The van der Waals surface area contributed by atoms with Gasteiger partial charge in [0.15, 0.2) is 18.7 Å². The number of carbonyl (C=O) groups excluding carboxylic acids is 4. The highest BCUT2D eigenvalue weighted by Crippen LogP contribution is 2.53. The number of alkyl carbamates (subject to hydrolysis) is 1. The van der Waals surface area contributed by atoms with Crippen molar-refractivity contribution in [3.05, 3.63) is 359 Å². The number of rotatable bonds is 50. The van der Waals surface area contributed by atoms with E-state index in [2.05, 4.69) is 16.0 Å². The maximum atomic E-state index is 15.1. The molecule has 2 heterocycles. The van der Waals surface area contributed by atoms with Crippen LogP contribution in [0.25, 0.3) is 0 Å². The Labute approximate surface area is 717 Å². The van der Waals surface area contributed by atoms with E-state index in [1.54, 1.807) is 0 Å². The number of amides is 3. The molecule has 2 fully saturated rings. The highest BCUT2D eigenvalue weighted by atomic mass is 31.2. The van der Waals surface area contributed by atoms with Crippen molar-refractivity contribution in [3.63, 3.8) is 0 Å². The number of nitrogens with one attached hydrogen (secondary N) is 3. The molecule has 0 aromatic heterocycles. The van der Waals surface area contributed by atoms with Crippen molar-refractivity contribution < 1.29 is 108 Å². The van der Waals surface area contributed by atoms with Crippen molar-refractivity contribution in [2.75, 3.05) is 39.5 Å². The minimum Gasteiger partial charge on any atom is -0.454 e. The van der Waals surface area contributed by atoms with Crippen LogP contribution in [0.5, 0.6) is 0 Å². The molecular formula is C95H105N3O23P2. The van der Waals surface area contributed by atoms with E-state index in [1.807, 2.05) is 303 Å². The van der Waals surface area contributed by atoms with Crippen LogP contribution in [0.4, 0.5) is 4.79 Å². The number of hydrogen-bond donors (Lipinski definition) is 3. The molecule has 0 saturated carbocycles. The van der Waals surface area contributed by atoms with Crippen molar-refractivity contribution in [1.29, 1.82) is 0 Å². The van der Waals surface area contributed by atoms with Crippen molar-refractivity contribution in [1.82, 2.24) is 16.0 Å². The average Bonchev–Trinajstić information content (AvgIpc) is 0.787. The lowest BCUT2D eigenvalue weighted by molar-refractivity contribution is -0.324. The van der Waals surface area contributed by atoms with Gasteiger partial charge in [0.1, 0.15) is 62.0 Å². The molecule has 12 rings (SSSR count). The third kappa shape index (κ3) is 31.2. The Hall–Kier alpha value is -10.3. The van der Waals surface area contributed by atoms with Crippen molar-refractivity contribution in [2.24, 2.45) is 0 Å². The highest BCUT2D eigenvalue weighted by molar-refractivity contribution is 7.48. The molecule has 0 aliphatic carbocycles. The molecule has 2 saturated heterocycles. The fourth-order valence-corrected chi connectivity index (χ4v) is 15.7. The third-order valence-electron chi connectivity index (χ3n) is 19.7. The van der Waals surface area contributed by atoms with Gasteiger partial charge in [-0.3, -0.25) is 41.5 Å². The van der Waals surface area contributed by atoms with Crippen LogP contribution in [-0.4, -0.2) is 131 Å². The number of ether oxygens (including phenoxy) is 11. The normalized spacial score (nSPS) is 19.3. The number of hydrogen-bond acceptors (Lipinski definition) is 23. The second-order valence-corrected chi connectivity index (χ2v) is 32.4. The SMILES string of the molecule is CC(=O)O[C@@H]1[C@@H](OCCCNC(=O)[C@H](CCCNC(=O)OCc2ccccc2)NC(=O)CO[C@H]2O[C@H](COP(=O)(OCc3ccccc3)OCc3ccccc3)[C@@H](OCc3ccccc3)[C@H](OCc3ccccc3)[C@@H]2OCc2ccccc2)O[C@H](COP(=O)(OCc2ccccc2)OCc2ccccc2)[C@@H](OCc2ccccc2)[C@@H]1OCc1ccccc1. The molecule has 10 aromatic rings. The van der Waals surface area contributed by atoms with Gasteiger partial charge < -0.3 is 68.1 Å². The Morgan fingerprint density at radius 2 is 0.634 bits per heavy atom. The summed E-state index contributed by atoms with van der Waals surface area (Å²) in [5.41, 5.74) is 7.57. The Bertz CT molecular complexity index is 4710. The molecule has 648 valence electrons. The predicted molar refractivity (Wildman–Crippen MR) is 455 cm³/mol. The van der Waals surface area contributed by atoms with Gasteiger partial charge in [-0.2, -0.15) is 0 Å². The maximum Gasteiger partial charge on any atom is 0.475 e. The molecule has 10 aromatic carbocycles. The van der Waals surface area contributed by atoms with Gasteiger partial charge in [0, 0.05) is 20.0 Å². The fraction of sp³-hybridized carbons (Fsp3) is 0.326. The molecule has 3 N–H and O–H groups in total. The number of benzene rings is 10. The first-order chi connectivity index (χ1) is 60.2. The zero-order chi connectivity index (χ0) is 85.4. The second-order valence-electron chi connectivity index (χ2n) is 29.1. The Morgan fingerprint density at radius 1 is 0.333 bits per heavy atom. The molecule has 26 nitrogen and oxygen atoms in total. The number of phosphoric ester groups is 2. The molecular weight excluding hydrogens is 1610 g/mol. The molecule has 2 aliphatic rings. The molecule has 28 heteroatoms. The summed E-state index contributed by atoms with van der Waals surface area (Å²) in [6.45, 7) is -0.951. The Balaban J connectivity index is 0.784. The molecule has 3 amide bonds. The molecule has 11 atom stereocenters. The van der Waals surface area contributed by atoms with Gasteiger partial charge in [0.05, 0.1) is 79.3 Å². The highest BCUT2D eigenvalue weighted by Gasteiger charge is 2.53. The van der Waals surface area contributed by atoms with Gasteiger partial charge in [0.25, 0.3) is 0 Å². The first-order valence-electron chi connectivity index (χ1n) is 41.0. The van der Waals surface area contributed by atoms with E-state index in [9.17, 15) is 23.7 Å². The molecule has 2 aliphatic heterocycles. The van der Waals surface area contributed by atoms with Crippen LogP contribution in [0.15, 0.2) is 303 Å². The number of phosphoric acid groups is 2. The topological polar surface area (TPSA) is 295 Å². The zero-order valence-corrected chi connectivity index (χ0v) is 70.2. The van der Waals surface area contributed by atoms with Crippen LogP contribution in [0.3, 0.4) is 0 Å². The largest absolute Gasteiger partial charge is 0.475 e. The van der Waals surface area contributed by atoms with Gasteiger partial charge >= 0.3 is 27.7 Å². The first kappa shape index (κ1) is 91.9. The molecule has 0 radical (unpaired) electrons. The Kier molecular flexibility index (Phi) is 37.3. The minimum atomic E-state index is -4.50. The standard InChI is InChI=1S/C95H105N3O23P2/c1-71(99)119-91-89(109-61-75-40-18-5-19-41-75)87(107-59-73-36-14-3-15-37-73)84(69-118-123(104,115-66-80-50-28-10-29-51-80)116-67-81-52-30-11-31-53-81)121-94(91)105-57-33-56-96-92(101)82(54-32-55-97-95(102)112-63-77-44-22-7-23-45-77)98-85(100)70-111-93-90(110-62-76-42-20-6-21-43-76)88(108-60-74-38-16-4-17-39-74)86(106-58-72-34-12-2-13-35-72)83(120-93)68-117-122(103,113-64-78-46-24-8-25-47-78)114-65-79-48-26-9-27-49-79/h2-31,34-53,82-84,86-91,93-94H,32-33,54-70H2,1H3,(H,96,101)(H,97,102)(H,98,100)/t82-,83+,84+,86+,87+,88-,89-,90-,91-,93-,94-/m0/s1. The quantitative estimate of drug-likeness (QED) is 0.0181. The summed E-state index contributed by atoms with van der Waals surface area (Å²) < 4.78 is 140. The maximum absolute atomic E-state index is 15.1. The second kappa shape index (κ2) is 49.9. The van der Waals surface area contributed by atoms with Gasteiger partial charge in [-0.15, -0.1) is 0 Å². The van der Waals surface area contributed by atoms with Gasteiger partial charge in [-0.25, -0.2) is 13.9 Å². The monoisotopic (exact) mass is 1720 g/mol. The summed E-state index contributed by atoms with van der Waals surface area (Å²) in [6.07, 6.45) is -12.5. The summed E-state index contributed by atoms with van der Waals surface area (Å²) in [6, 6.07) is 91.6. The van der Waals surface area contributed by atoms with Gasteiger partial charge in [0.2, 0.25) is 11.8 Å². The van der Waals surface area contributed by atoms with Gasteiger partial charge in [-0.05, 0) is 74.9 Å². The zero-order valence-electron chi connectivity index (χ0n) is 68.4. The third-order valence-corrected chi connectivity index (χ3v) is 22.4. The fourth-order valence-electron chi connectivity index (χ4n) is 13.4. The van der Waals surface area contributed by atoms with Crippen LogP contribution in [-0.2, 0) is 169 Å². The van der Waals surface area contributed by atoms with Crippen LogP contribution in [0, 0.1) is 0 Å². The lowest BCUT2D eigenvalue weighted by atomic mass is 9.98. The summed E-state index contributed by atoms with van der Waals surface area (Å²) >= 11 is 0. The van der Waals surface area contributed by atoms with Crippen LogP contribution in [0.1, 0.15) is 81.8 Å². The molecule has 0 unspecified atom stereocenters. The molecule has 0 bridgehead atoms. The number of esters is 1. The van der Waals surface area contributed by atoms with E-state index in [-0.39, 0.29) is 105 Å². The summed E-state index contributed by atoms with van der Waals surface area (Å²) in [7, 11) is -8.96. The smallest absolute Gasteiger partial charge is 0.454 e. The number of carbonyl (C=O) groups is 4. The van der Waals surface area contributed by atoms with Crippen LogP contribution >= 0.6 is 15.6 Å². The summed E-state index contributed by atoms with van der Waals surface area (Å²) in [4.78, 5) is 56.1. The van der Waals surface area contributed by atoms with E-state index in [0.29, 0.717) is 22.3 Å². The minimum absolute atomic E-state index is 0.00733. The Morgan fingerprint density at radius 3 is 0.984 bits per heavy atom. The van der Waals surface area contributed by atoms with E-state index < -0.39 is 127 Å². The van der Waals surface area contributed by atoms with E-state index in [0.717, 1.165) is 33.4 Å². The van der Waals surface area contributed by atoms with Crippen molar-refractivity contribution in [3.8, 4) is 0 Å². The van der Waals surface area contributed by atoms with Crippen molar-refractivity contribution >= 4 is 39.5 Å². The van der Waals surface area contributed by atoms with E-state index in [1.165, 1.54) is 6.92 Å². The average molecular weight is 1720 g/mol. The lowest BCUT2D eigenvalue weighted by Crippen LogP contribution is -2.62.